The number of rotatable bonds is 8. The lowest BCUT2D eigenvalue weighted by Gasteiger charge is -2.25. The maximum Gasteiger partial charge on any atom is 0.274 e. The van der Waals surface area contributed by atoms with Crippen molar-refractivity contribution in [3.05, 3.63) is 84.6 Å². The van der Waals surface area contributed by atoms with E-state index in [0.717, 1.165) is 12.1 Å². The van der Waals surface area contributed by atoms with E-state index in [0.29, 0.717) is 29.8 Å². The Hall–Kier alpha value is -4.03. The molecule has 0 aliphatic heterocycles. The monoisotopic (exact) mass is 543 g/mol. The molecule has 0 N–H and O–H groups in total. The summed E-state index contributed by atoms with van der Waals surface area (Å²) in [6.45, 7) is 1.87. The summed E-state index contributed by atoms with van der Waals surface area (Å²) in [6.07, 6.45) is 4.85. The lowest BCUT2D eigenvalue weighted by atomic mass is 10.0. The fourth-order valence-corrected chi connectivity index (χ4v) is 5.39. The van der Waals surface area contributed by atoms with E-state index in [9.17, 15) is 22.0 Å². The Morgan fingerprint density at radius 1 is 1.00 bits per heavy atom. The van der Waals surface area contributed by atoms with Gasteiger partial charge in [-0.05, 0) is 69.0 Å². The van der Waals surface area contributed by atoms with E-state index in [1.165, 1.54) is 31.1 Å². The van der Waals surface area contributed by atoms with Crippen LogP contribution < -0.4 is 4.31 Å². The molecule has 2 aromatic carbocycles. The first-order chi connectivity index (χ1) is 18.0. The van der Waals surface area contributed by atoms with Crippen LogP contribution in [0.25, 0.3) is 22.4 Å². The molecule has 0 fully saturated rings. The molecule has 0 unspecified atom stereocenters. The number of carbonyl (C=O) groups is 1. The first-order valence-corrected chi connectivity index (χ1v) is 12.9. The number of pyridine rings is 1. The number of carbonyl (C=O) groups excluding carboxylic acids is 1. The second-order valence-corrected chi connectivity index (χ2v) is 10.4. The number of amides is 1. The number of hydrogen-bond donors (Lipinski definition) is 0. The molecular weight excluding hydrogens is 519 g/mol. The quantitative estimate of drug-likeness (QED) is 0.329. The lowest BCUT2D eigenvalue weighted by Crippen LogP contribution is -2.43. The van der Waals surface area contributed by atoms with Crippen molar-refractivity contribution in [2.45, 2.75) is 18.4 Å². The van der Waals surface area contributed by atoms with E-state index in [2.05, 4.69) is 10.1 Å². The molecule has 1 amide bonds. The van der Waals surface area contributed by atoms with E-state index in [1.807, 2.05) is 6.92 Å². The SMILES string of the molecule is CCn1cc(-c2ccncc2)c(-c2cccc(N(C(=O)CN(C)C)S(=O)(=O)c3cc(F)ccc3F)c2F)n1. The van der Waals surface area contributed by atoms with Gasteiger partial charge in [-0.15, -0.1) is 0 Å². The van der Waals surface area contributed by atoms with Crippen molar-refractivity contribution >= 4 is 21.6 Å². The summed E-state index contributed by atoms with van der Waals surface area (Å²) in [4.78, 5) is 17.5. The largest absolute Gasteiger partial charge is 0.301 e. The van der Waals surface area contributed by atoms with Crippen LogP contribution in [-0.4, -0.2) is 54.6 Å². The van der Waals surface area contributed by atoms with E-state index in [-0.39, 0.29) is 15.6 Å². The molecule has 0 saturated heterocycles. The van der Waals surface area contributed by atoms with Crippen LogP contribution in [0.4, 0.5) is 18.9 Å². The van der Waals surface area contributed by atoms with E-state index < -0.39 is 50.5 Å². The number of hydrogen-bond acceptors (Lipinski definition) is 6. The number of likely N-dealkylation sites (N-methyl/N-ethyl adjacent to an activating group) is 1. The highest BCUT2D eigenvalue weighted by Gasteiger charge is 2.36. The van der Waals surface area contributed by atoms with Crippen molar-refractivity contribution in [2.24, 2.45) is 0 Å². The summed E-state index contributed by atoms with van der Waals surface area (Å²) in [5, 5.41) is 4.46. The normalized spacial score (nSPS) is 11.7. The highest BCUT2D eigenvalue weighted by molar-refractivity contribution is 7.93. The van der Waals surface area contributed by atoms with Gasteiger partial charge in [0.25, 0.3) is 15.9 Å². The van der Waals surface area contributed by atoms with Crippen molar-refractivity contribution in [3.63, 3.8) is 0 Å². The van der Waals surface area contributed by atoms with Gasteiger partial charge in [-0.2, -0.15) is 9.40 Å². The minimum absolute atomic E-state index is 0.0842. The molecule has 0 saturated carbocycles. The molecular formula is C26H24F3N5O3S. The van der Waals surface area contributed by atoms with E-state index >= 15 is 4.39 Å². The second-order valence-electron chi connectivity index (χ2n) is 8.60. The molecule has 8 nitrogen and oxygen atoms in total. The zero-order valence-electron chi connectivity index (χ0n) is 20.8. The Balaban J connectivity index is 1.95. The van der Waals surface area contributed by atoms with Crippen molar-refractivity contribution < 1.29 is 26.4 Å². The molecule has 0 aliphatic rings. The standard InChI is InChI=1S/C26H24F3N5O3S/c1-4-33-15-20(17-10-12-30-13-11-17)26(31-33)19-6-5-7-22(25(19)29)34(24(35)16-32(2)3)38(36,37)23-14-18(27)8-9-21(23)28/h5-15H,4,16H2,1-3H3. The van der Waals surface area contributed by atoms with Gasteiger partial charge in [0.2, 0.25) is 0 Å². The summed E-state index contributed by atoms with van der Waals surface area (Å²) in [5.74, 6) is -4.46. The van der Waals surface area contributed by atoms with Crippen LogP contribution in [0.5, 0.6) is 0 Å². The lowest BCUT2D eigenvalue weighted by molar-refractivity contribution is -0.118. The predicted octanol–water partition coefficient (Wildman–Crippen LogP) is 4.33. The van der Waals surface area contributed by atoms with Crippen LogP contribution in [0.15, 0.2) is 72.0 Å². The van der Waals surface area contributed by atoms with Gasteiger partial charge in [0, 0.05) is 36.3 Å². The fraction of sp³-hybridized carbons (Fsp3) is 0.192. The van der Waals surface area contributed by atoms with Gasteiger partial charge in [-0.25, -0.2) is 21.6 Å². The Morgan fingerprint density at radius 3 is 2.37 bits per heavy atom. The third-order valence-electron chi connectivity index (χ3n) is 5.62. The number of nitrogens with zero attached hydrogens (tertiary/aromatic N) is 5. The molecule has 4 aromatic rings. The van der Waals surface area contributed by atoms with E-state index in [1.54, 1.807) is 35.4 Å². The van der Waals surface area contributed by atoms with E-state index in [4.69, 9.17) is 0 Å². The Bertz CT molecular complexity index is 1590. The molecule has 0 aliphatic carbocycles. The first kappa shape index (κ1) is 27.0. The zero-order valence-corrected chi connectivity index (χ0v) is 21.6. The minimum Gasteiger partial charge on any atom is -0.301 e. The average Bonchev–Trinajstić information content (AvgIpc) is 3.31. The minimum atomic E-state index is -5.07. The van der Waals surface area contributed by atoms with Crippen molar-refractivity contribution in [1.82, 2.24) is 19.7 Å². The van der Waals surface area contributed by atoms with Gasteiger partial charge < -0.3 is 4.90 Å². The molecule has 4 rings (SSSR count). The maximum absolute atomic E-state index is 16.2. The van der Waals surface area contributed by atoms with Crippen LogP contribution >= 0.6 is 0 Å². The summed E-state index contributed by atoms with van der Waals surface area (Å²) < 4.78 is 73.6. The average molecular weight is 544 g/mol. The Labute approximate surface area is 218 Å². The van der Waals surface area contributed by atoms with Gasteiger partial charge in [0.15, 0.2) is 5.82 Å². The van der Waals surface area contributed by atoms with Crippen LogP contribution in [0.2, 0.25) is 0 Å². The van der Waals surface area contributed by atoms with Crippen molar-refractivity contribution in [1.29, 1.82) is 0 Å². The molecule has 198 valence electrons. The third-order valence-corrected chi connectivity index (χ3v) is 7.37. The summed E-state index contributed by atoms with van der Waals surface area (Å²) in [5.41, 5.74) is 0.709. The molecule has 38 heavy (non-hydrogen) atoms. The molecule has 12 heteroatoms. The van der Waals surface area contributed by atoms with Gasteiger partial charge in [-0.1, -0.05) is 6.07 Å². The van der Waals surface area contributed by atoms with Crippen LogP contribution in [0.1, 0.15) is 6.92 Å². The third kappa shape index (κ3) is 5.18. The zero-order chi connectivity index (χ0) is 27.6. The number of sulfonamides is 1. The molecule has 2 heterocycles. The Morgan fingerprint density at radius 2 is 1.71 bits per heavy atom. The van der Waals surface area contributed by atoms with Crippen LogP contribution in [0.3, 0.4) is 0 Å². The number of halogens is 3. The van der Waals surface area contributed by atoms with Gasteiger partial charge in [0.1, 0.15) is 22.2 Å². The first-order valence-electron chi connectivity index (χ1n) is 11.5. The molecule has 0 bridgehead atoms. The van der Waals surface area contributed by atoms with Crippen LogP contribution in [0, 0.1) is 17.5 Å². The molecule has 0 atom stereocenters. The maximum atomic E-state index is 16.2. The summed E-state index contributed by atoms with van der Waals surface area (Å²) in [7, 11) is -2.05. The number of anilines is 1. The number of benzene rings is 2. The number of aromatic nitrogens is 3. The Kier molecular flexibility index (Phi) is 7.65. The molecule has 0 spiro atoms. The number of aryl methyl sites for hydroxylation is 1. The van der Waals surface area contributed by atoms with Crippen molar-refractivity contribution in [3.8, 4) is 22.4 Å². The smallest absolute Gasteiger partial charge is 0.274 e. The predicted molar refractivity (Wildman–Crippen MR) is 136 cm³/mol. The highest BCUT2D eigenvalue weighted by Crippen LogP contribution is 2.37. The topological polar surface area (TPSA) is 88.4 Å². The fourth-order valence-electron chi connectivity index (χ4n) is 3.89. The van der Waals surface area contributed by atoms with Gasteiger partial charge in [0.05, 0.1) is 12.2 Å². The summed E-state index contributed by atoms with van der Waals surface area (Å²) >= 11 is 0. The molecule has 2 aromatic heterocycles. The summed E-state index contributed by atoms with van der Waals surface area (Å²) in [6, 6.07) is 9.10. The second kappa shape index (κ2) is 10.8. The highest BCUT2D eigenvalue weighted by atomic mass is 32.2. The van der Waals surface area contributed by atoms with Crippen molar-refractivity contribution in [2.75, 3.05) is 24.9 Å². The van der Waals surface area contributed by atoms with Crippen LogP contribution in [-0.2, 0) is 21.4 Å². The van der Waals surface area contributed by atoms with Gasteiger partial charge in [-0.3, -0.25) is 14.5 Å². The van der Waals surface area contributed by atoms with Gasteiger partial charge >= 0.3 is 0 Å². The molecule has 0 radical (unpaired) electrons.